The molecule has 6 nitrogen and oxygen atoms in total. The van der Waals surface area contributed by atoms with E-state index in [0.717, 1.165) is 12.0 Å². The highest BCUT2D eigenvalue weighted by Gasteiger charge is 2.30. The molecule has 0 spiro atoms. The van der Waals surface area contributed by atoms with Crippen LogP contribution in [0.2, 0.25) is 0 Å². The molecule has 0 aliphatic carbocycles. The maximum Gasteiger partial charge on any atom is 0.254 e. The van der Waals surface area contributed by atoms with E-state index >= 15 is 0 Å². The standard InChI is InChI=1S/C21H22N2O4/c24-20-14-17(15-5-2-1-3-6-15)23(10-9-22-20)21(25)16-7-8-18-19(13-16)27-12-4-11-26-18/h1-3,5-8,13,17H,4,9-12,14H2,(H,22,24). The van der Waals surface area contributed by atoms with Crippen LogP contribution in [0.4, 0.5) is 0 Å². The summed E-state index contributed by atoms with van der Waals surface area (Å²) < 4.78 is 11.4. The van der Waals surface area contributed by atoms with Crippen molar-refractivity contribution >= 4 is 11.8 Å². The Balaban J connectivity index is 1.66. The van der Waals surface area contributed by atoms with Gasteiger partial charge in [0.1, 0.15) is 0 Å². The van der Waals surface area contributed by atoms with Gasteiger partial charge in [0.15, 0.2) is 11.5 Å². The molecule has 27 heavy (non-hydrogen) atoms. The first-order chi connectivity index (χ1) is 13.2. The quantitative estimate of drug-likeness (QED) is 0.887. The first kappa shape index (κ1) is 17.4. The Kier molecular flexibility index (Phi) is 4.96. The first-order valence-electron chi connectivity index (χ1n) is 9.24. The number of ether oxygens (including phenoxy) is 2. The van der Waals surface area contributed by atoms with Gasteiger partial charge in [-0.25, -0.2) is 0 Å². The highest BCUT2D eigenvalue weighted by molar-refractivity contribution is 5.96. The molecule has 1 atom stereocenters. The third-order valence-electron chi connectivity index (χ3n) is 4.87. The van der Waals surface area contributed by atoms with Crippen molar-refractivity contribution in [3.63, 3.8) is 0 Å². The molecule has 2 aliphatic rings. The monoisotopic (exact) mass is 366 g/mol. The summed E-state index contributed by atoms with van der Waals surface area (Å²) in [5.74, 6) is 1.10. The van der Waals surface area contributed by atoms with E-state index in [1.54, 1.807) is 23.1 Å². The van der Waals surface area contributed by atoms with Gasteiger partial charge in [-0.2, -0.15) is 0 Å². The van der Waals surface area contributed by atoms with E-state index in [1.165, 1.54) is 0 Å². The molecule has 1 N–H and O–H groups in total. The summed E-state index contributed by atoms with van der Waals surface area (Å²) in [6.07, 6.45) is 1.06. The number of amides is 2. The van der Waals surface area contributed by atoms with Crippen molar-refractivity contribution < 1.29 is 19.1 Å². The molecule has 2 aromatic carbocycles. The molecule has 1 fully saturated rings. The molecule has 2 aromatic rings. The second-order valence-corrected chi connectivity index (χ2v) is 6.69. The van der Waals surface area contributed by atoms with Crippen LogP contribution < -0.4 is 14.8 Å². The summed E-state index contributed by atoms with van der Waals surface area (Å²) in [5, 5.41) is 2.86. The van der Waals surface area contributed by atoms with Gasteiger partial charge in [0.25, 0.3) is 5.91 Å². The number of carbonyl (C=O) groups excluding carboxylic acids is 2. The van der Waals surface area contributed by atoms with Gasteiger partial charge in [-0.1, -0.05) is 30.3 Å². The van der Waals surface area contributed by atoms with Gasteiger partial charge in [0.2, 0.25) is 5.91 Å². The van der Waals surface area contributed by atoms with E-state index in [9.17, 15) is 9.59 Å². The smallest absolute Gasteiger partial charge is 0.254 e. The van der Waals surface area contributed by atoms with Crippen LogP contribution in [0.15, 0.2) is 48.5 Å². The number of fused-ring (bicyclic) bond motifs is 1. The number of nitrogens with one attached hydrogen (secondary N) is 1. The number of nitrogens with zero attached hydrogens (tertiary/aromatic N) is 1. The lowest BCUT2D eigenvalue weighted by molar-refractivity contribution is -0.121. The van der Waals surface area contributed by atoms with Gasteiger partial charge in [0, 0.05) is 25.1 Å². The van der Waals surface area contributed by atoms with E-state index in [4.69, 9.17) is 9.47 Å². The summed E-state index contributed by atoms with van der Waals surface area (Å²) in [5.41, 5.74) is 1.49. The van der Waals surface area contributed by atoms with Crippen molar-refractivity contribution in [2.24, 2.45) is 0 Å². The Morgan fingerprint density at radius 3 is 2.63 bits per heavy atom. The minimum absolute atomic E-state index is 0.0437. The Morgan fingerprint density at radius 2 is 1.81 bits per heavy atom. The Hall–Kier alpha value is -3.02. The molecule has 140 valence electrons. The van der Waals surface area contributed by atoms with Gasteiger partial charge in [0.05, 0.1) is 25.7 Å². The van der Waals surface area contributed by atoms with Crippen LogP contribution in [0.5, 0.6) is 11.5 Å². The summed E-state index contributed by atoms with van der Waals surface area (Å²) >= 11 is 0. The van der Waals surface area contributed by atoms with Crippen molar-refractivity contribution in [1.82, 2.24) is 10.2 Å². The summed E-state index contributed by atoms with van der Waals surface area (Å²) in [4.78, 5) is 27.2. The van der Waals surface area contributed by atoms with Crippen molar-refractivity contribution in [3.05, 3.63) is 59.7 Å². The van der Waals surface area contributed by atoms with Crippen LogP contribution in [0.1, 0.15) is 34.8 Å². The molecule has 0 bridgehead atoms. The molecule has 1 saturated heterocycles. The van der Waals surface area contributed by atoms with Crippen LogP contribution in [0.25, 0.3) is 0 Å². The average Bonchev–Trinajstić information content (AvgIpc) is 3.05. The number of hydrogen-bond acceptors (Lipinski definition) is 4. The van der Waals surface area contributed by atoms with Crippen molar-refractivity contribution in [2.75, 3.05) is 26.3 Å². The van der Waals surface area contributed by atoms with Crippen molar-refractivity contribution in [1.29, 1.82) is 0 Å². The van der Waals surface area contributed by atoms with Gasteiger partial charge < -0.3 is 19.7 Å². The van der Waals surface area contributed by atoms with E-state index in [1.807, 2.05) is 30.3 Å². The molecule has 6 heteroatoms. The Labute approximate surface area is 158 Å². The zero-order valence-electron chi connectivity index (χ0n) is 15.0. The van der Waals surface area contributed by atoms with Gasteiger partial charge in [-0.15, -0.1) is 0 Å². The third-order valence-corrected chi connectivity index (χ3v) is 4.87. The van der Waals surface area contributed by atoms with E-state index in [0.29, 0.717) is 43.4 Å². The molecule has 4 rings (SSSR count). The maximum absolute atomic E-state index is 13.3. The molecule has 1 unspecified atom stereocenters. The predicted molar refractivity (Wildman–Crippen MR) is 99.9 cm³/mol. The largest absolute Gasteiger partial charge is 0.490 e. The predicted octanol–water partition coefficient (Wildman–Crippen LogP) is 2.55. The molecular formula is C21H22N2O4. The minimum Gasteiger partial charge on any atom is -0.490 e. The first-order valence-corrected chi connectivity index (χ1v) is 9.24. The third kappa shape index (κ3) is 3.74. The number of benzene rings is 2. The molecule has 2 aliphatic heterocycles. The molecular weight excluding hydrogens is 344 g/mol. The number of carbonyl (C=O) groups is 2. The number of rotatable bonds is 2. The molecule has 0 radical (unpaired) electrons. The molecule has 2 heterocycles. The van der Waals surface area contributed by atoms with Crippen LogP contribution >= 0.6 is 0 Å². The molecule has 0 aromatic heterocycles. The van der Waals surface area contributed by atoms with Gasteiger partial charge in [-0.3, -0.25) is 9.59 Å². The van der Waals surface area contributed by atoms with E-state index in [2.05, 4.69) is 5.32 Å². The molecule has 0 saturated carbocycles. The highest BCUT2D eigenvalue weighted by atomic mass is 16.5. The fourth-order valence-corrected chi connectivity index (χ4v) is 3.51. The van der Waals surface area contributed by atoms with Gasteiger partial charge in [-0.05, 0) is 23.8 Å². The van der Waals surface area contributed by atoms with Crippen molar-refractivity contribution in [2.45, 2.75) is 18.9 Å². The minimum atomic E-state index is -0.294. The lowest BCUT2D eigenvalue weighted by Crippen LogP contribution is -2.36. The van der Waals surface area contributed by atoms with E-state index < -0.39 is 0 Å². The second-order valence-electron chi connectivity index (χ2n) is 6.69. The summed E-state index contributed by atoms with van der Waals surface area (Å²) in [7, 11) is 0. The maximum atomic E-state index is 13.3. The summed E-state index contributed by atoms with van der Waals surface area (Å²) in [6.45, 7) is 2.08. The van der Waals surface area contributed by atoms with Crippen LogP contribution in [-0.2, 0) is 4.79 Å². The average molecular weight is 366 g/mol. The molecule has 2 amide bonds. The summed E-state index contributed by atoms with van der Waals surface area (Å²) in [6, 6.07) is 14.7. The van der Waals surface area contributed by atoms with E-state index in [-0.39, 0.29) is 24.3 Å². The highest BCUT2D eigenvalue weighted by Crippen LogP contribution is 2.33. The van der Waals surface area contributed by atoms with Crippen LogP contribution in [0.3, 0.4) is 0 Å². The second kappa shape index (κ2) is 7.70. The zero-order valence-corrected chi connectivity index (χ0v) is 15.0. The lowest BCUT2D eigenvalue weighted by Gasteiger charge is -2.29. The Bertz CT molecular complexity index is 837. The normalized spacial score (nSPS) is 19.6. The lowest BCUT2D eigenvalue weighted by atomic mass is 10.0. The topological polar surface area (TPSA) is 67.9 Å². The van der Waals surface area contributed by atoms with Crippen LogP contribution in [-0.4, -0.2) is 43.0 Å². The van der Waals surface area contributed by atoms with Crippen LogP contribution in [0, 0.1) is 0 Å². The van der Waals surface area contributed by atoms with Crippen molar-refractivity contribution in [3.8, 4) is 11.5 Å². The van der Waals surface area contributed by atoms with Gasteiger partial charge >= 0.3 is 0 Å². The SMILES string of the molecule is O=C1CC(c2ccccc2)N(C(=O)c2ccc3c(c2)OCCCO3)CCN1. The fraction of sp³-hybridized carbons (Fsp3) is 0.333. The Morgan fingerprint density at radius 1 is 1.04 bits per heavy atom. The zero-order chi connectivity index (χ0) is 18.6. The fourth-order valence-electron chi connectivity index (χ4n) is 3.51. The number of hydrogen-bond donors (Lipinski definition) is 1.